The first-order valence-corrected chi connectivity index (χ1v) is 21.0. The van der Waals surface area contributed by atoms with E-state index in [-0.39, 0.29) is 29.1 Å². The second kappa shape index (κ2) is 16.7. The van der Waals surface area contributed by atoms with Gasteiger partial charge in [0.1, 0.15) is 28.6 Å². The number of nitrogens with zero attached hydrogens (tertiary/aromatic N) is 8. The van der Waals surface area contributed by atoms with Crippen molar-refractivity contribution in [1.82, 2.24) is 30.0 Å². The molecule has 5 amide bonds. The van der Waals surface area contributed by atoms with Gasteiger partial charge in [0.2, 0.25) is 5.91 Å². The number of carbonyl (C=O) groups is 4. The highest BCUT2D eigenvalue weighted by molar-refractivity contribution is 6.06. The SMILES string of the molecule is Cc1cccc(NC(=O)c2ncc(-c3nn4c(c3C(N)=O)Nc3ccc(N5CCN(CC6CCN(c7ccc(N8CCC(=O)NC8=O)cc7)CC6)CC5)cc3CC4)cc2C)n1. The van der Waals surface area contributed by atoms with Crippen LogP contribution in [0.25, 0.3) is 11.3 Å². The highest BCUT2D eigenvalue weighted by Gasteiger charge is 2.29. The van der Waals surface area contributed by atoms with Crippen molar-refractivity contribution < 1.29 is 19.2 Å². The number of benzene rings is 2. The molecule has 5 aromatic rings. The third-order valence-corrected chi connectivity index (χ3v) is 12.3. The van der Waals surface area contributed by atoms with Gasteiger partial charge in [-0.15, -0.1) is 0 Å². The molecule has 4 aliphatic heterocycles. The fraction of sp³-hybridized carbons (Fsp3) is 0.356. The first kappa shape index (κ1) is 39.6. The van der Waals surface area contributed by atoms with Crippen LogP contribution in [-0.4, -0.2) is 101 Å². The van der Waals surface area contributed by atoms with Gasteiger partial charge < -0.3 is 26.2 Å². The van der Waals surface area contributed by atoms with Crippen LogP contribution in [0, 0.1) is 19.8 Å². The van der Waals surface area contributed by atoms with E-state index in [1.165, 1.54) is 5.69 Å². The van der Waals surface area contributed by atoms with Crippen LogP contribution in [0.3, 0.4) is 0 Å². The molecular weight excluding hydrogens is 773 g/mol. The van der Waals surface area contributed by atoms with Gasteiger partial charge in [0.25, 0.3) is 11.8 Å². The molecule has 9 rings (SSSR count). The number of piperazine rings is 1. The number of nitrogens with two attached hydrogens (primary N) is 1. The predicted octanol–water partition coefficient (Wildman–Crippen LogP) is 5.09. The maximum absolute atomic E-state index is 13.1. The van der Waals surface area contributed by atoms with E-state index in [1.807, 2.05) is 31.2 Å². The van der Waals surface area contributed by atoms with Gasteiger partial charge in [-0.3, -0.25) is 34.5 Å². The van der Waals surface area contributed by atoms with E-state index in [0.29, 0.717) is 60.3 Å². The molecule has 5 N–H and O–H groups in total. The van der Waals surface area contributed by atoms with Gasteiger partial charge in [0.05, 0.1) is 0 Å². The molecule has 0 radical (unpaired) electrons. The fourth-order valence-electron chi connectivity index (χ4n) is 8.96. The molecule has 3 saturated heterocycles. The van der Waals surface area contributed by atoms with Gasteiger partial charge in [-0.05, 0) is 111 Å². The van der Waals surface area contributed by atoms with Gasteiger partial charge in [-0.25, -0.2) is 14.5 Å². The molecule has 314 valence electrons. The number of rotatable bonds is 9. The molecule has 0 aliphatic carbocycles. The van der Waals surface area contributed by atoms with Crippen molar-refractivity contribution in [3.05, 3.63) is 101 Å². The zero-order chi connectivity index (χ0) is 42.2. The van der Waals surface area contributed by atoms with Crippen molar-refractivity contribution >= 4 is 58.1 Å². The lowest BCUT2D eigenvalue weighted by molar-refractivity contribution is -0.120. The van der Waals surface area contributed by atoms with Crippen molar-refractivity contribution in [2.45, 2.75) is 46.1 Å². The number of nitrogens with one attached hydrogen (secondary N) is 3. The largest absolute Gasteiger partial charge is 0.372 e. The minimum atomic E-state index is -0.603. The number of fused-ring (bicyclic) bond motifs is 2. The van der Waals surface area contributed by atoms with Crippen LogP contribution < -0.4 is 36.4 Å². The Bertz CT molecular complexity index is 2500. The number of amides is 5. The van der Waals surface area contributed by atoms with Gasteiger partial charge in [0.15, 0.2) is 0 Å². The fourth-order valence-corrected chi connectivity index (χ4v) is 8.96. The van der Waals surface area contributed by atoms with Crippen LogP contribution in [0.4, 0.5) is 39.2 Å². The number of urea groups is 1. The molecule has 16 nitrogen and oxygen atoms in total. The lowest BCUT2D eigenvalue weighted by Crippen LogP contribution is -2.49. The zero-order valence-electron chi connectivity index (χ0n) is 34.5. The number of anilines is 6. The molecule has 3 aromatic heterocycles. The first-order chi connectivity index (χ1) is 29.6. The lowest BCUT2D eigenvalue weighted by Gasteiger charge is -2.40. The Morgan fingerprint density at radius 3 is 2.28 bits per heavy atom. The normalized spacial score (nSPS) is 17.2. The number of piperidine rings is 1. The Balaban J connectivity index is 0.791. The van der Waals surface area contributed by atoms with E-state index in [9.17, 15) is 19.2 Å². The van der Waals surface area contributed by atoms with E-state index in [0.717, 1.165) is 87.0 Å². The minimum absolute atomic E-state index is 0.226. The molecule has 0 unspecified atom stereocenters. The third-order valence-electron chi connectivity index (χ3n) is 12.3. The molecule has 16 heteroatoms. The molecule has 7 heterocycles. The summed E-state index contributed by atoms with van der Waals surface area (Å²) in [6.07, 6.45) is 4.86. The Kier molecular flexibility index (Phi) is 10.8. The van der Waals surface area contributed by atoms with Crippen LogP contribution in [0.2, 0.25) is 0 Å². The van der Waals surface area contributed by atoms with Crippen molar-refractivity contribution in [2.24, 2.45) is 11.7 Å². The maximum atomic E-state index is 13.1. The average Bonchev–Trinajstić information content (AvgIpc) is 3.52. The van der Waals surface area contributed by atoms with E-state index in [4.69, 9.17) is 10.8 Å². The molecule has 0 spiro atoms. The van der Waals surface area contributed by atoms with E-state index in [1.54, 1.807) is 34.8 Å². The zero-order valence-corrected chi connectivity index (χ0v) is 34.5. The number of aryl methyl sites for hydroxylation is 4. The summed E-state index contributed by atoms with van der Waals surface area (Å²) < 4.78 is 1.80. The Morgan fingerprint density at radius 2 is 1.56 bits per heavy atom. The smallest absolute Gasteiger partial charge is 0.328 e. The minimum Gasteiger partial charge on any atom is -0.372 e. The van der Waals surface area contributed by atoms with Crippen molar-refractivity contribution in [3.63, 3.8) is 0 Å². The summed E-state index contributed by atoms with van der Waals surface area (Å²) in [5.74, 6) is 0.435. The molecule has 0 bridgehead atoms. The number of hydrogen-bond acceptors (Lipinski definition) is 11. The molecule has 4 aliphatic rings. The predicted molar refractivity (Wildman–Crippen MR) is 235 cm³/mol. The monoisotopic (exact) mass is 822 g/mol. The summed E-state index contributed by atoms with van der Waals surface area (Å²) in [6, 6.07) is 21.4. The molecule has 0 saturated carbocycles. The third kappa shape index (κ3) is 8.35. The van der Waals surface area contributed by atoms with Crippen molar-refractivity contribution in [1.29, 1.82) is 0 Å². The maximum Gasteiger partial charge on any atom is 0.328 e. The number of pyridine rings is 2. The number of imide groups is 1. The topological polar surface area (TPSA) is 187 Å². The van der Waals surface area contributed by atoms with E-state index >= 15 is 0 Å². The number of carbonyl (C=O) groups excluding carboxylic acids is 4. The quantitative estimate of drug-likeness (QED) is 0.155. The van der Waals surface area contributed by atoms with E-state index < -0.39 is 5.91 Å². The summed E-state index contributed by atoms with van der Waals surface area (Å²) in [4.78, 5) is 67.8. The van der Waals surface area contributed by atoms with Gasteiger partial charge in [-0.1, -0.05) is 6.07 Å². The number of primary amides is 1. The summed E-state index contributed by atoms with van der Waals surface area (Å²) in [5, 5.41) is 13.5. The highest BCUT2D eigenvalue weighted by atomic mass is 16.2. The van der Waals surface area contributed by atoms with Crippen LogP contribution in [-0.2, 0) is 17.8 Å². The lowest BCUT2D eigenvalue weighted by atomic mass is 9.95. The standard InChI is InChI=1S/C45H50N12O4/c1-28-24-32(26-47-40(28)44(60)50-37-5-3-4-29(2)48-37)41-39(42(46)59)43-49-36-11-10-35(25-31(36)14-19-57(43)52-41)55-22-20-53(21-23-55)27-30-12-16-54(17-13-30)33-6-8-34(9-7-33)56-18-15-38(58)51-45(56)61/h3-11,24-26,30,49H,12-23,27H2,1-2H3,(H2,46,59)(H,48,50,60)(H,51,58,61). The number of hydrogen-bond donors (Lipinski definition) is 4. The van der Waals surface area contributed by atoms with Gasteiger partial charge >= 0.3 is 6.03 Å². The van der Waals surface area contributed by atoms with Crippen LogP contribution >= 0.6 is 0 Å². The van der Waals surface area contributed by atoms with Crippen LogP contribution in [0.1, 0.15) is 56.9 Å². The van der Waals surface area contributed by atoms with Crippen molar-refractivity contribution in [3.8, 4) is 11.3 Å². The first-order valence-electron chi connectivity index (χ1n) is 21.0. The van der Waals surface area contributed by atoms with Crippen LogP contribution in [0.5, 0.6) is 0 Å². The molecule has 3 fully saturated rings. The summed E-state index contributed by atoms with van der Waals surface area (Å²) in [7, 11) is 0. The van der Waals surface area contributed by atoms with E-state index in [2.05, 4.69) is 70.9 Å². The van der Waals surface area contributed by atoms with Gasteiger partial charge in [0, 0.05) is 106 Å². The summed E-state index contributed by atoms with van der Waals surface area (Å²) >= 11 is 0. The summed E-state index contributed by atoms with van der Waals surface area (Å²) in [6.45, 7) is 11.6. The van der Waals surface area contributed by atoms with Gasteiger partial charge in [-0.2, -0.15) is 5.10 Å². The second-order valence-corrected chi connectivity index (χ2v) is 16.4. The number of aromatic nitrogens is 4. The van der Waals surface area contributed by atoms with Crippen molar-refractivity contribution in [2.75, 3.05) is 77.7 Å². The van der Waals surface area contributed by atoms with Crippen LogP contribution in [0.15, 0.2) is 72.9 Å². The Labute approximate surface area is 354 Å². The summed E-state index contributed by atoms with van der Waals surface area (Å²) in [5.41, 5.74) is 14.2. The Hall–Kier alpha value is -6.81. The highest BCUT2D eigenvalue weighted by Crippen LogP contribution is 2.36. The Morgan fingerprint density at radius 1 is 0.820 bits per heavy atom. The molecule has 2 aromatic carbocycles. The molecular formula is C45H50N12O4. The molecule has 61 heavy (non-hydrogen) atoms. The second-order valence-electron chi connectivity index (χ2n) is 16.4. The molecule has 0 atom stereocenters. The average molecular weight is 823 g/mol.